The predicted octanol–water partition coefficient (Wildman–Crippen LogP) is 2.38. The van der Waals surface area contributed by atoms with Gasteiger partial charge in [-0.05, 0) is 42.3 Å². The molecule has 1 aliphatic rings. The van der Waals surface area contributed by atoms with E-state index >= 15 is 0 Å². The van der Waals surface area contributed by atoms with Gasteiger partial charge in [0.15, 0.2) is 0 Å². The van der Waals surface area contributed by atoms with Crippen LogP contribution in [0.5, 0.6) is 5.75 Å². The summed E-state index contributed by atoms with van der Waals surface area (Å²) in [5.74, 6) is 0.440. The molecule has 0 N–H and O–H groups in total. The smallest absolute Gasteiger partial charge is 0.243 e. The third kappa shape index (κ3) is 4.23. The second kappa shape index (κ2) is 8.16. The van der Waals surface area contributed by atoms with Crippen LogP contribution in [0.3, 0.4) is 0 Å². The molecule has 0 saturated carbocycles. The Labute approximate surface area is 154 Å². The molecule has 0 aliphatic carbocycles. The minimum absolute atomic E-state index is 0.140. The van der Waals surface area contributed by atoms with Gasteiger partial charge in [0.05, 0.1) is 12.0 Å². The number of piperazine rings is 1. The molecule has 140 valence electrons. The van der Waals surface area contributed by atoms with Crippen molar-refractivity contribution in [3.05, 3.63) is 59.9 Å². The number of nitrogens with zero attached hydrogens (tertiary/aromatic N) is 2. The molecule has 0 spiro atoms. The lowest BCUT2D eigenvalue weighted by molar-refractivity contribution is 0.190. The monoisotopic (exact) mass is 378 g/mol. The van der Waals surface area contributed by atoms with Gasteiger partial charge in [-0.25, -0.2) is 12.8 Å². The SMILES string of the molecule is COc1ccccc1CCN1CCN(S(=O)(=O)c2ccc(F)cc2)CC1. The zero-order chi connectivity index (χ0) is 18.6. The van der Waals surface area contributed by atoms with Gasteiger partial charge in [0.25, 0.3) is 0 Å². The minimum atomic E-state index is -3.56. The fourth-order valence-corrected chi connectivity index (χ4v) is 4.56. The molecule has 0 aromatic heterocycles. The summed E-state index contributed by atoms with van der Waals surface area (Å²) in [6.45, 7) is 3.08. The van der Waals surface area contributed by atoms with Gasteiger partial charge in [0.2, 0.25) is 10.0 Å². The van der Waals surface area contributed by atoms with E-state index in [1.54, 1.807) is 7.11 Å². The summed E-state index contributed by atoms with van der Waals surface area (Å²) in [6.07, 6.45) is 0.856. The summed E-state index contributed by atoms with van der Waals surface area (Å²) in [6, 6.07) is 12.9. The number of sulfonamides is 1. The first-order valence-corrected chi connectivity index (χ1v) is 10.0. The Morgan fingerprint density at radius 3 is 2.31 bits per heavy atom. The molecule has 0 amide bonds. The van der Waals surface area contributed by atoms with Crippen molar-refractivity contribution < 1.29 is 17.5 Å². The van der Waals surface area contributed by atoms with Crippen molar-refractivity contribution >= 4 is 10.0 Å². The number of hydrogen-bond acceptors (Lipinski definition) is 4. The van der Waals surface area contributed by atoms with Gasteiger partial charge in [0, 0.05) is 32.7 Å². The van der Waals surface area contributed by atoms with E-state index in [0.717, 1.165) is 24.3 Å². The number of ether oxygens (including phenoxy) is 1. The molecule has 1 fully saturated rings. The molecular formula is C19H23FN2O3S. The van der Waals surface area contributed by atoms with Gasteiger partial charge >= 0.3 is 0 Å². The molecule has 0 atom stereocenters. The number of hydrogen-bond donors (Lipinski definition) is 0. The molecule has 0 unspecified atom stereocenters. The maximum absolute atomic E-state index is 13.0. The number of rotatable bonds is 6. The van der Waals surface area contributed by atoms with Crippen LogP contribution in [-0.2, 0) is 16.4 Å². The molecule has 7 heteroatoms. The van der Waals surface area contributed by atoms with E-state index in [4.69, 9.17) is 4.74 Å². The van der Waals surface area contributed by atoms with Crippen LogP contribution in [0.15, 0.2) is 53.4 Å². The summed E-state index contributed by atoms with van der Waals surface area (Å²) >= 11 is 0. The van der Waals surface area contributed by atoms with Gasteiger partial charge in [-0.1, -0.05) is 18.2 Å². The summed E-state index contributed by atoms with van der Waals surface area (Å²) in [7, 11) is -1.90. The van der Waals surface area contributed by atoms with E-state index < -0.39 is 15.8 Å². The first-order chi connectivity index (χ1) is 12.5. The van der Waals surface area contributed by atoms with Crippen LogP contribution >= 0.6 is 0 Å². The van der Waals surface area contributed by atoms with E-state index in [1.165, 1.54) is 28.6 Å². The Morgan fingerprint density at radius 1 is 1.00 bits per heavy atom. The fraction of sp³-hybridized carbons (Fsp3) is 0.368. The quantitative estimate of drug-likeness (QED) is 0.775. The summed E-state index contributed by atoms with van der Waals surface area (Å²) in [5, 5.41) is 0. The van der Waals surface area contributed by atoms with Gasteiger partial charge in [-0.3, -0.25) is 0 Å². The molecule has 0 bridgehead atoms. The molecule has 5 nitrogen and oxygen atoms in total. The number of methoxy groups -OCH3 is 1. The molecule has 26 heavy (non-hydrogen) atoms. The maximum Gasteiger partial charge on any atom is 0.243 e. The molecule has 2 aromatic carbocycles. The van der Waals surface area contributed by atoms with Crippen LogP contribution in [0.25, 0.3) is 0 Å². The van der Waals surface area contributed by atoms with Crippen molar-refractivity contribution in [3.8, 4) is 5.75 Å². The number of para-hydroxylation sites is 1. The number of benzene rings is 2. The largest absolute Gasteiger partial charge is 0.496 e. The van der Waals surface area contributed by atoms with Crippen molar-refractivity contribution in [2.24, 2.45) is 0 Å². The molecule has 1 heterocycles. The lowest BCUT2D eigenvalue weighted by Crippen LogP contribution is -2.49. The van der Waals surface area contributed by atoms with E-state index in [9.17, 15) is 12.8 Å². The van der Waals surface area contributed by atoms with Crippen LogP contribution in [0.4, 0.5) is 4.39 Å². The molecule has 1 aliphatic heterocycles. The highest BCUT2D eigenvalue weighted by Crippen LogP contribution is 2.20. The fourth-order valence-electron chi connectivity index (χ4n) is 3.14. The highest BCUT2D eigenvalue weighted by atomic mass is 32.2. The molecule has 3 rings (SSSR count). The average molecular weight is 378 g/mol. The van der Waals surface area contributed by atoms with Crippen LogP contribution in [0.1, 0.15) is 5.56 Å². The Morgan fingerprint density at radius 2 is 1.65 bits per heavy atom. The normalized spacial score (nSPS) is 16.5. The first kappa shape index (κ1) is 18.8. The zero-order valence-electron chi connectivity index (χ0n) is 14.8. The first-order valence-electron chi connectivity index (χ1n) is 8.60. The number of halogens is 1. The predicted molar refractivity (Wildman–Crippen MR) is 98.3 cm³/mol. The van der Waals surface area contributed by atoms with E-state index in [2.05, 4.69) is 4.90 Å². The van der Waals surface area contributed by atoms with E-state index in [0.29, 0.717) is 26.2 Å². The lowest BCUT2D eigenvalue weighted by atomic mass is 10.1. The summed E-state index contributed by atoms with van der Waals surface area (Å²) in [4.78, 5) is 2.39. The summed E-state index contributed by atoms with van der Waals surface area (Å²) in [5.41, 5.74) is 1.15. The maximum atomic E-state index is 13.0. The third-order valence-electron chi connectivity index (χ3n) is 4.67. The van der Waals surface area contributed by atoms with Gasteiger partial charge in [0.1, 0.15) is 11.6 Å². The zero-order valence-corrected chi connectivity index (χ0v) is 15.6. The molecule has 1 saturated heterocycles. The summed E-state index contributed by atoms with van der Waals surface area (Å²) < 4.78 is 45.1. The second-order valence-corrected chi connectivity index (χ2v) is 8.20. The second-order valence-electron chi connectivity index (χ2n) is 6.26. The van der Waals surface area contributed by atoms with Crippen LogP contribution in [-0.4, -0.2) is 57.5 Å². The van der Waals surface area contributed by atoms with Crippen molar-refractivity contribution in [2.75, 3.05) is 39.8 Å². The van der Waals surface area contributed by atoms with Crippen LogP contribution in [0, 0.1) is 5.82 Å². The van der Waals surface area contributed by atoms with Crippen molar-refractivity contribution in [1.29, 1.82) is 0 Å². The minimum Gasteiger partial charge on any atom is -0.496 e. The van der Waals surface area contributed by atoms with E-state index in [1.807, 2.05) is 24.3 Å². The van der Waals surface area contributed by atoms with Gasteiger partial charge < -0.3 is 9.64 Å². The standard InChI is InChI=1S/C19H23FN2O3S/c1-25-19-5-3-2-4-16(19)10-11-21-12-14-22(15-13-21)26(23,24)18-8-6-17(20)7-9-18/h2-9H,10-15H2,1H3. The van der Waals surface area contributed by atoms with E-state index in [-0.39, 0.29) is 4.90 Å². The molecule has 0 radical (unpaired) electrons. The average Bonchev–Trinajstić information content (AvgIpc) is 2.67. The van der Waals surface area contributed by atoms with Crippen LogP contribution < -0.4 is 4.74 Å². The highest BCUT2D eigenvalue weighted by Gasteiger charge is 2.28. The van der Waals surface area contributed by atoms with Crippen molar-refractivity contribution in [3.63, 3.8) is 0 Å². The Bertz CT molecular complexity index is 832. The highest BCUT2D eigenvalue weighted by molar-refractivity contribution is 7.89. The Kier molecular flexibility index (Phi) is 5.90. The topological polar surface area (TPSA) is 49.9 Å². The lowest BCUT2D eigenvalue weighted by Gasteiger charge is -2.34. The van der Waals surface area contributed by atoms with Crippen molar-refractivity contribution in [1.82, 2.24) is 9.21 Å². The molecule has 2 aromatic rings. The van der Waals surface area contributed by atoms with Crippen LogP contribution in [0.2, 0.25) is 0 Å². The van der Waals surface area contributed by atoms with Crippen molar-refractivity contribution in [2.45, 2.75) is 11.3 Å². The molecular weight excluding hydrogens is 355 g/mol. The third-order valence-corrected chi connectivity index (χ3v) is 6.59. The van der Waals surface area contributed by atoms with Gasteiger partial charge in [-0.2, -0.15) is 4.31 Å². The van der Waals surface area contributed by atoms with Gasteiger partial charge in [-0.15, -0.1) is 0 Å². The Hall–Kier alpha value is -1.96. The Balaban J connectivity index is 1.56.